The molecule has 1 heterocycles. The smallest absolute Gasteiger partial charge is 0.257 e. The number of amides is 1. The second kappa shape index (κ2) is 5.42. The fourth-order valence-corrected chi connectivity index (χ4v) is 2.37. The minimum Gasteiger partial charge on any atom is -0.392 e. The molecule has 1 amide bonds. The third-order valence-electron chi connectivity index (χ3n) is 3.56. The summed E-state index contributed by atoms with van der Waals surface area (Å²) in [6, 6.07) is 13.1. The first-order valence-corrected chi connectivity index (χ1v) is 6.77. The number of aliphatic hydroxyl groups excluding tert-OH is 1. The molecule has 0 radical (unpaired) electrons. The molecule has 3 rings (SSSR count). The Kier molecular flexibility index (Phi) is 3.46. The molecule has 0 aliphatic rings. The van der Waals surface area contributed by atoms with Crippen molar-refractivity contribution in [3.8, 4) is 0 Å². The van der Waals surface area contributed by atoms with Crippen LogP contribution in [0.15, 0.2) is 48.7 Å². The van der Waals surface area contributed by atoms with Crippen LogP contribution in [0.2, 0.25) is 0 Å². The van der Waals surface area contributed by atoms with E-state index in [9.17, 15) is 9.90 Å². The molecule has 4 heteroatoms. The molecule has 3 N–H and O–H groups in total. The molecule has 106 valence electrons. The molecule has 0 spiro atoms. The number of hydrogen-bond acceptors (Lipinski definition) is 2. The number of aromatic amines is 1. The summed E-state index contributed by atoms with van der Waals surface area (Å²) in [5.41, 5.74) is 3.88. The van der Waals surface area contributed by atoms with Gasteiger partial charge in [0.05, 0.1) is 17.7 Å². The average molecular weight is 280 g/mol. The minimum absolute atomic E-state index is 0.0463. The van der Waals surface area contributed by atoms with Crippen LogP contribution in [0.25, 0.3) is 10.9 Å². The standard InChI is InChI=1S/C17H16N2O2/c1-11-5-6-12(10-20)9-15(11)19-17(21)14-4-2-3-13-7-8-18-16(13)14/h2-9,18,20H,10H2,1H3,(H,19,21). The Labute approximate surface area is 122 Å². The van der Waals surface area contributed by atoms with E-state index in [4.69, 9.17) is 0 Å². The van der Waals surface area contributed by atoms with Crippen molar-refractivity contribution in [2.45, 2.75) is 13.5 Å². The summed E-state index contributed by atoms with van der Waals surface area (Å²) in [5.74, 6) is -0.166. The van der Waals surface area contributed by atoms with Crippen LogP contribution in [-0.4, -0.2) is 16.0 Å². The first kappa shape index (κ1) is 13.4. The van der Waals surface area contributed by atoms with Crippen molar-refractivity contribution in [1.29, 1.82) is 0 Å². The number of hydrogen-bond donors (Lipinski definition) is 3. The maximum Gasteiger partial charge on any atom is 0.257 e. The van der Waals surface area contributed by atoms with Crippen molar-refractivity contribution < 1.29 is 9.90 Å². The van der Waals surface area contributed by atoms with E-state index in [-0.39, 0.29) is 12.5 Å². The van der Waals surface area contributed by atoms with Gasteiger partial charge < -0.3 is 15.4 Å². The van der Waals surface area contributed by atoms with E-state index in [0.29, 0.717) is 5.56 Å². The highest BCUT2D eigenvalue weighted by Gasteiger charge is 2.12. The van der Waals surface area contributed by atoms with Crippen molar-refractivity contribution in [3.63, 3.8) is 0 Å². The van der Waals surface area contributed by atoms with Crippen LogP contribution >= 0.6 is 0 Å². The number of benzene rings is 2. The zero-order chi connectivity index (χ0) is 14.8. The molecule has 2 aromatic carbocycles. The van der Waals surface area contributed by atoms with Crippen molar-refractivity contribution in [2.24, 2.45) is 0 Å². The van der Waals surface area contributed by atoms with Gasteiger partial charge in [-0.3, -0.25) is 4.79 Å². The van der Waals surface area contributed by atoms with Gasteiger partial charge in [-0.2, -0.15) is 0 Å². The maximum absolute atomic E-state index is 12.5. The molecule has 0 unspecified atom stereocenters. The van der Waals surface area contributed by atoms with E-state index in [2.05, 4.69) is 10.3 Å². The number of fused-ring (bicyclic) bond motifs is 1. The molecule has 4 nitrogen and oxygen atoms in total. The predicted molar refractivity (Wildman–Crippen MR) is 83.4 cm³/mol. The first-order chi connectivity index (χ1) is 10.2. The van der Waals surface area contributed by atoms with Crippen molar-refractivity contribution in [1.82, 2.24) is 4.98 Å². The Hall–Kier alpha value is -2.59. The Balaban J connectivity index is 1.95. The number of carbonyl (C=O) groups excluding carboxylic acids is 1. The molecular formula is C17H16N2O2. The molecule has 0 fully saturated rings. The topological polar surface area (TPSA) is 65.1 Å². The van der Waals surface area contributed by atoms with E-state index in [1.54, 1.807) is 12.1 Å². The number of nitrogens with one attached hydrogen (secondary N) is 2. The highest BCUT2D eigenvalue weighted by molar-refractivity contribution is 6.12. The maximum atomic E-state index is 12.5. The Morgan fingerprint density at radius 1 is 1.24 bits per heavy atom. The van der Waals surface area contributed by atoms with Crippen LogP contribution in [0.3, 0.4) is 0 Å². The van der Waals surface area contributed by atoms with Gasteiger partial charge >= 0.3 is 0 Å². The van der Waals surface area contributed by atoms with Gasteiger partial charge in [-0.15, -0.1) is 0 Å². The van der Waals surface area contributed by atoms with E-state index in [1.165, 1.54) is 0 Å². The number of rotatable bonds is 3. The van der Waals surface area contributed by atoms with Crippen molar-refractivity contribution in [2.75, 3.05) is 5.32 Å². The van der Waals surface area contributed by atoms with Gasteiger partial charge in [0.15, 0.2) is 0 Å². The molecule has 0 bridgehead atoms. The average Bonchev–Trinajstić information content (AvgIpc) is 2.97. The minimum atomic E-state index is -0.166. The summed E-state index contributed by atoms with van der Waals surface area (Å²) >= 11 is 0. The molecule has 1 aromatic heterocycles. The van der Waals surface area contributed by atoms with Gasteiger partial charge in [-0.1, -0.05) is 24.3 Å². The number of aryl methyl sites for hydroxylation is 1. The molecule has 21 heavy (non-hydrogen) atoms. The summed E-state index contributed by atoms with van der Waals surface area (Å²) in [6.45, 7) is 1.88. The van der Waals surface area contributed by atoms with Crippen LogP contribution in [0.5, 0.6) is 0 Å². The molecule has 3 aromatic rings. The van der Waals surface area contributed by atoms with Gasteiger partial charge in [-0.25, -0.2) is 0 Å². The highest BCUT2D eigenvalue weighted by Crippen LogP contribution is 2.21. The predicted octanol–water partition coefficient (Wildman–Crippen LogP) is 3.22. The summed E-state index contributed by atoms with van der Waals surface area (Å²) in [4.78, 5) is 15.6. The Bertz CT molecular complexity index is 805. The monoisotopic (exact) mass is 280 g/mol. The Morgan fingerprint density at radius 3 is 2.90 bits per heavy atom. The SMILES string of the molecule is Cc1ccc(CO)cc1NC(=O)c1cccc2cc[nH]c12. The Morgan fingerprint density at radius 2 is 2.10 bits per heavy atom. The molecule has 0 saturated carbocycles. The lowest BCUT2D eigenvalue weighted by molar-refractivity contribution is 0.102. The van der Waals surface area contributed by atoms with Crippen molar-refractivity contribution in [3.05, 3.63) is 65.4 Å². The normalized spacial score (nSPS) is 10.8. The van der Waals surface area contributed by atoms with Gasteiger partial charge in [-0.05, 0) is 36.2 Å². The number of para-hydroxylation sites is 1. The number of anilines is 1. The molecular weight excluding hydrogens is 264 g/mol. The lowest BCUT2D eigenvalue weighted by Gasteiger charge is -2.10. The van der Waals surface area contributed by atoms with Gasteiger partial charge in [0.2, 0.25) is 0 Å². The molecule has 0 saturated heterocycles. The van der Waals surface area contributed by atoms with Crippen molar-refractivity contribution >= 4 is 22.5 Å². The second-order valence-corrected chi connectivity index (χ2v) is 5.01. The first-order valence-electron chi connectivity index (χ1n) is 6.77. The number of aromatic nitrogens is 1. The quantitative estimate of drug-likeness (QED) is 0.689. The van der Waals surface area contributed by atoms with Crippen LogP contribution in [0, 0.1) is 6.92 Å². The van der Waals surface area contributed by atoms with E-state index in [1.807, 2.05) is 43.5 Å². The fourth-order valence-electron chi connectivity index (χ4n) is 2.37. The number of carbonyl (C=O) groups is 1. The third kappa shape index (κ3) is 2.53. The van der Waals surface area contributed by atoms with Crippen LogP contribution in [-0.2, 0) is 6.61 Å². The van der Waals surface area contributed by atoms with E-state index < -0.39 is 0 Å². The zero-order valence-corrected chi connectivity index (χ0v) is 11.7. The molecule has 0 atom stereocenters. The third-order valence-corrected chi connectivity index (χ3v) is 3.56. The zero-order valence-electron chi connectivity index (χ0n) is 11.7. The second-order valence-electron chi connectivity index (χ2n) is 5.01. The van der Waals surface area contributed by atoms with Crippen LogP contribution in [0.1, 0.15) is 21.5 Å². The number of H-pyrrole nitrogens is 1. The number of aliphatic hydroxyl groups is 1. The summed E-state index contributed by atoms with van der Waals surface area (Å²) in [5, 5.41) is 13.1. The largest absolute Gasteiger partial charge is 0.392 e. The van der Waals surface area contributed by atoms with Crippen LogP contribution in [0.4, 0.5) is 5.69 Å². The van der Waals surface area contributed by atoms with E-state index in [0.717, 1.165) is 27.7 Å². The van der Waals surface area contributed by atoms with Gasteiger partial charge in [0.25, 0.3) is 5.91 Å². The summed E-state index contributed by atoms with van der Waals surface area (Å²) < 4.78 is 0. The van der Waals surface area contributed by atoms with E-state index >= 15 is 0 Å². The summed E-state index contributed by atoms with van der Waals surface area (Å²) in [6.07, 6.45) is 1.82. The summed E-state index contributed by atoms with van der Waals surface area (Å²) in [7, 11) is 0. The fraction of sp³-hybridized carbons (Fsp3) is 0.118. The lowest BCUT2D eigenvalue weighted by Crippen LogP contribution is -2.13. The van der Waals surface area contributed by atoms with Gasteiger partial charge in [0.1, 0.15) is 0 Å². The molecule has 0 aliphatic heterocycles. The molecule has 0 aliphatic carbocycles. The lowest BCUT2D eigenvalue weighted by atomic mass is 10.1. The highest BCUT2D eigenvalue weighted by atomic mass is 16.3. The van der Waals surface area contributed by atoms with Crippen LogP contribution < -0.4 is 5.32 Å². The van der Waals surface area contributed by atoms with Gasteiger partial charge in [0, 0.05) is 17.3 Å².